The van der Waals surface area contributed by atoms with Crippen molar-refractivity contribution < 1.29 is 9.53 Å². The van der Waals surface area contributed by atoms with Crippen LogP contribution in [-0.4, -0.2) is 17.5 Å². The molecule has 0 N–H and O–H groups in total. The SMILES string of the molecule is CCCCCOc1ccc(N(Cc2cccnc2)C(=O)C2CC2)cc1. The van der Waals surface area contributed by atoms with Crippen molar-refractivity contribution in [1.82, 2.24) is 4.98 Å². The van der Waals surface area contributed by atoms with E-state index >= 15 is 0 Å². The zero-order chi connectivity index (χ0) is 17.5. The smallest absolute Gasteiger partial charge is 0.230 e. The molecule has 0 radical (unpaired) electrons. The van der Waals surface area contributed by atoms with E-state index in [1.54, 1.807) is 6.20 Å². The Morgan fingerprint density at radius 1 is 1.20 bits per heavy atom. The van der Waals surface area contributed by atoms with Gasteiger partial charge in [-0.1, -0.05) is 25.8 Å². The summed E-state index contributed by atoms with van der Waals surface area (Å²) >= 11 is 0. The number of benzene rings is 1. The van der Waals surface area contributed by atoms with Crippen LogP contribution in [0, 0.1) is 5.92 Å². The van der Waals surface area contributed by atoms with Gasteiger partial charge in [-0.05, 0) is 55.2 Å². The Balaban J connectivity index is 1.68. The number of rotatable bonds is 9. The minimum Gasteiger partial charge on any atom is -0.494 e. The second-order valence-electron chi connectivity index (χ2n) is 6.61. The fourth-order valence-electron chi connectivity index (χ4n) is 2.79. The number of hydrogen-bond donors (Lipinski definition) is 0. The average Bonchev–Trinajstić information content (AvgIpc) is 3.50. The molecule has 1 aromatic carbocycles. The summed E-state index contributed by atoms with van der Waals surface area (Å²) in [5.74, 6) is 1.25. The maximum atomic E-state index is 12.7. The zero-order valence-corrected chi connectivity index (χ0v) is 14.9. The van der Waals surface area contributed by atoms with Crippen molar-refractivity contribution in [3.8, 4) is 5.75 Å². The third-order valence-electron chi connectivity index (χ3n) is 4.42. The number of unbranched alkanes of at least 4 members (excludes halogenated alkanes) is 2. The Morgan fingerprint density at radius 2 is 2.00 bits per heavy atom. The number of carbonyl (C=O) groups excluding carboxylic acids is 1. The van der Waals surface area contributed by atoms with Gasteiger partial charge in [-0.3, -0.25) is 9.78 Å². The molecule has 0 atom stereocenters. The van der Waals surface area contributed by atoms with E-state index in [1.165, 1.54) is 12.8 Å². The van der Waals surface area contributed by atoms with E-state index in [9.17, 15) is 4.79 Å². The lowest BCUT2D eigenvalue weighted by Crippen LogP contribution is -2.31. The van der Waals surface area contributed by atoms with Crippen LogP contribution >= 0.6 is 0 Å². The summed E-state index contributed by atoms with van der Waals surface area (Å²) in [5.41, 5.74) is 1.96. The molecule has 1 aromatic heterocycles. The largest absolute Gasteiger partial charge is 0.494 e. The van der Waals surface area contributed by atoms with Gasteiger partial charge in [-0.25, -0.2) is 0 Å². The van der Waals surface area contributed by atoms with Crippen molar-refractivity contribution in [1.29, 1.82) is 0 Å². The third-order valence-corrected chi connectivity index (χ3v) is 4.42. The van der Waals surface area contributed by atoms with Crippen LogP contribution in [0.1, 0.15) is 44.6 Å². The summed E-state index contributed by atoms with van der Waals surface area (Å²) in [6, 6.07) is 11.8. The summed E-state index contributed by atoms with van der Waals surface area (Å²) in [6.07, 6.45) is 9.02. The number of anilines is 1. The standard InChI is InChI=1S/C21H26N2O2/c1-2-3-4-14-25-20-11-9-19(10-12-20)23(21(24)18-7-8-18)16-17-6-5-13-22-15-17/h5-6,9-13,15,18H,2-4,7-8,14,16H2,1H3. The molecular formula is C21H26N2O2. The highest BCUT2D eigenvalue weighted by atomic mass is 16.5. The monoisotopic (exact) mass is 338 g/mol. The molecule has 25 heavy (non-hydrogen) atoms. The quantitative estimate of drug-likeness (QED) is 0.628. The van der Waals surface area contributed by atoms with Crippen LogP contribution in [0.3, 0.4) is 0 Å². The summed E-state index contributed by atoms with van der Waals surface area (Å²) in [6.45, 7) is 3.48. The van der Waals surface area contributed by atoms with Crippen molar-refractivity contribution in [2.45, 2.75) is 45.6 Å². The summed E-state index contributed by atoms with van der Waals surface area (Å²) in [4.78, 5) is 18.7. The van der Waals surface area contributed by atoms with Crippen molar-refractivity contribution in [2.75, 3.05) is 11.5 Å². The number of ether oxygens (including phenoxy) is 1. The van der Waals surface area contributed by atoms with Gasteiger partial charge in [0.15, 0.2) is 0 Å². The van der Waals surface area contributed by atoms with Gasteiger partial charge >= 0.3 is 0 Å². The van der Waals surface area contributed by atoms with Crippen LogP contribution < -0.4 is 9.64 Å². The van der Waals surface area contributed by atoms with Crippen LogP contribution in [0.4, 0.5) is 5.69 Å². The van der Waals surface area contributed by atoms with Gasteiger partial charge in [0.1, 0.15) is 5.75 Å². The first-order valence-corrected chi connectivity index (χ1v) is 9.21. The van der Waals surface area contributed by atoms with Crippen molar-refractivity contribution >= 4 is 11.6 Å². The van der Waals surface area contributed by atoms with Crippen LogP contribution in [0.2, 0.25) is 0 Å². The molecule has 0 bridgehead atoms. The first-order chi connectivity index (χ1) is 12.3. The Kier molecular flexibility index (Phi) is 6.04. The molecule has 1 saturated carbocycles. The molecule has 1 fully saturated rings. The molecule has 1 amide bonds. The fraction of sp³-hybridized carbons (Fsp3) is 0.429. The Bertz CT molecular complexity index is 666. The highest BCUT2D eigenvalue weighted by molar-refractivity contribution is 5.96. The van der Waals surface area contributed by atoms with Gasteiger partial charge in [0.25, 0.3) is 0 Å². The van der Waals surface area contributed by atoms with Gasteiger partial charge in [-0.15, -0.1) is 0 Å². The molecule has 4 heteroatoms. The van der Waals surface area contributed by atoms with Crippen LogP contribution in [0.15, 0.2) is 48.8 Å². The molecule has 1 aliphatic rings. The van der Waals surface area contributed by atoms with E-state index < -0.39 is 0 Å². The first kappa shape index (κ1) is 17.5. The maximum absolute atomic E-state index is 12.7. The molecule has 1 aliphatic carbocycles. The van der Waals surface area contributed by atoms with Crippen LogP contribution in [0.25, 0.3) is 0 Å². The van der Waals surface area contributed by atoms with Gasteiger partial charge < -0.3 is 9.64 Å². The topological polar surface area (TPSA) is 42.4 Å². The number of amides is 1. The van der Waals surface area contributed by atoms with E-state index in [1.807, 2.05) is 47.5 Å². The van der Waals surface area contributed by atoms with Gasteiger partial charge in [-0.2, -0.15) is 0 Å². The first-order valence-electron chi connectivity index (χ1n) is 9.21. The number of aromatic nitrogens is 1. The highest BCUT2D eigenvalue weighted by Gasteiger charge is 2.34. The van der Waals surface area contributed by atoms with E-state index in [0.717, 1.165) is 42.9 Å². The highest BCUT2D eigenvalue weighted by Crippen LogP contribution is 2.34. The van der Waals surface area contributed by atoms with Gasteiger partial charge in [0.05, 0.1) is 13.2 Å². The Morgan fingerprint density at radius 3 is 2.64 bits per heavy atom. The number of hydrogen-bond acceptors (Lipinski definition) is 3. The average molecular weight is 338 g/mol. The van der Waals surface area contributed by atoms with Crippen LogP contribution in [0.5, 0.6) is 5.75 Å². The molecule has 0 spiro atoms. The Labute approximate surface area is 149 Å². The number of nitrogens with zero attached hydrogens (tertiary/aromatic N) is 2. The minimum atomic E-state index is 0.182. The second kappa shape index (κ2) is 8.65. The lowest BCUT2D eigenvalue weighted by Gasteiger charge is -2.23. The Hall–Kier alpha value is -2.36. The molecule has 1 heterocycles. The van der Waals surface area contributed by atoms with E-state index in [4.69, 9.17) is 4.74 Å². The predicted molar refractivity (Wildman–Crippen MR) is 99.6 cm³/mol. The van der Waals surface area contributed by atoms with Crippen molar-refractivity contribution in [3.63, 3.8) is 0 Å². The van der Waals surface area contributed by atoms with E-state index in [2.05, 4.69) is 11.9 Å². The van der Waals surface area contributed by atoms with E-state index in [0.29, 0.717) is 6.54 Å². The molecule has 0 saturated heterocycles. The van der Waals surface area contributed by atoms with Crippen LogP contribution in [-0.2, 0) is 11.3 Å². The normalized spacial score (nSPS) is 13.5. The third kappa shape index (κ3) is 5.05. The zero-order valence-electron chi connectivity index (χ0n) is 14.9. The minimum absolute atomic E-state index is 0.182. The fourth-order valence-corrected chi connectivity index (χ4v) is 2.79. The maximum Gasteiger partial charge on any atom is 0.230 e. The lowest BCUT2D eigenvalue weighted by molar-refractivity contribution is -0.119. The number of pyridine rings is 1. The molecule has 4 nitrogen and oxygen atoms in total. The second-order valence-corrected chi connectivity index (χ2v) is 6.61. The summed E-state index contributed by atoms with van der Waals surface area (Å²) in [7, 11) is 0. The van der Waals surface area contributed by atoms with Crippen molar-refractivity contribution in [2.24, 2.45) is 5.92 Å². The van der Waals surface area contributed by atoms with Gasteiger partial charge in [0.2, 0.25) is 5.91 Å². The molecule has 132 valence electrons. The van der Waals surface area contributed by atoms with Gasteiger partial charge in [0, 0.05) is 24.0 Å². The molecule has 0 aliphatic heterocycles. The molecule has 0 unspecified atom stereocenters. The number of carbonyl (C=O) groups is 1. The van der Waals surface area contributed by atoms with E-state index in [-0.39, 0.29) is 11.8 Å². The molecule has 2 aromatic rings. The predicted octanol–water partition coefficient (Wildman–Crippen LogP) is 4.59. The summed E-state index contributed by atoms with van der Waals surface area (Å²) in [5, 5.41) is 0. The summed E-state index contributed by atoms with van der Waals surface area (Å²) < 4.78 is 5.77. The lowest BCUT2D eigenvalue weighted by atomic mass is 10.2. The molecule has 3 rings (SSSR count). The molecular weight excluding hydrogens is 312 g/mol. The van der Waals surface area contributed by atoms with Crippen molar-refractivity contribution in [3.05, 3.63) is 54.4 Å².